The van der Waals surface area contributed by atoms with E-state index in [2.05, 4.69) is 10.6 Å². The minimum absolute atomic E-state index is 0.106. The van der Waals surface area contributed by atoms with Crippen molar-refractivity contribution in [1.29, 1.82) is 0 Å². The van der Waals surface area contributed by atoms with Gasteiger partial charge in [-0.2, -0.15) is 0 Å². The summed E-state index contributed by atoms with van der Waals surface area (Å²) in [5.74, 6) is -0.106. The maximum Gasteiger partial charge on any atom is 0.322 e. The molecule has 16 heavy (non-hydrogen) atoms. The second-order valence-electron chi connectivity index (χ2n) is 5.70. The van der Waals surface area contributed by atoms with E-state index >= 15 is 0 Å². The minimum Gasteiger partial charge on any atom is -0.323 e. The zero-order valence-corrected chi connectivity index (χ0v) is 9.47. The SMILES string of the molecule is O=C1NC(=O)C2(CCC3(CCCC3)CC2)N1. The molecular weight excluding hydrogens is 204 g/mol. The van der Waals surface area contributed by atoms with Gasteiger partial charge in [0.1, 0.15) is 5.54 Å². The predicted molar refractivity (Wildman–Crippen MR) is 58.8 cm³/mol. The fourth-order valence-electron chi connectivity index (χ4n) is 3.71. The molecule has 0 radical (unpaired) electrons. The van der Waals surface area contributed by atoms with Gasteiger partial charge in [0, 0.05) is 0 Å². The fraction of sp³-hybridized carbons (Fsp3) is 0.833. The minimum atomic E-state index is -0.565. The van der Waals surface area contributed by atoms with Gasteiger partial charge in [0.15, 0.2) is 0 Å². The van der Waals surface area contributed by atoms with Gasteiger partial charge >= 0.3 is 6.03 Å². The molecule has 0 aromatic carbocycles. The van der Waals surface area contributed by atoms with E-state index in [9.17, 15) is 9.59 Å². The van der Waals surface area contributed by atoms with Crippen molar-refractivity contribution in [2.75, 3.05) is 0 Å². The zero-order chi connectivity index (χ0) is 11.2. The van der Waals surface area contributed by atoms with Crippen LogP contribution in [0.25, 0.3) is 0 Å². The molecule has 4 nitrogen and oxygen atoms in total. The van der Waals surface area contributed by atoms with Gasteiger partial charge in [0.2, 0.25) is 0 Å². The first-order valence-corrected chi connectivity index (χ1v) is 6.28. The van der Waals surface area contributed by atoms with Gasteiger partial charge in [-0.3, -0.25) is 10.1 Å². The molecule has 2 aliphatic carbocycles. The van der Waals surface area contributed by atoms with Crippen LogP contribution in [0.3, 0.4) is 0 Å². The van der Waals surface area contributed by atoms with Crippen LogP contribution < -0.4 is 10.6 Å². The summed E-state index contributed by atoms with van der Waals surface area (Å²) < 4.78 is 0. The van der Waals surface area contributed by atoms with Crippen LogP contribution in [0.5, 0.6) is 0 Å². The van der Waals surface area contributed by atoms with E-state index in [0.717, 1.165) is 25.7 Å². The number of amides is 3. The van der Waals surface area contributed by atoms with Gasteiger partial charge in [-0.1, -0.05) is 12.8 Å². The van der Waals surface area contributed by atoms with Crippen molar-refractivity contribution in [3.8, 4) is 0 Å². The molecule has 2 N–H and O–H groups in total. The lowest BCUT2D eigenvalue weighted by Gasteiger charge is -2.41. The summed E-state index contributed by atoms with van der Waals surface area (Å²) in [5, 5.41) is 5.19. The van der Waals surface area contributed by atoms with Crippen LogP contribution in [0.15, 0.2) is 0 Å². The molecule has 0 bridgehead atoms. The third-order valence-corrected chi connectivity index (χ3v) is 4.84. The zero-order valence-electron chi connectivity index (χ0n) is 9.47. The van der Waals surface area contributed by atoms with E-state index in [1.807, 2.05) is 0 Å². The first-order valence-electron chi connectivity index (χ1n) is 6.28. The molecule has 1 heterocycles. The molecule has 2 spiro atoms. The average molecular weight is 222 g/mol. The molecule has 0 aromatic rings. The lowest BCUT2D eigenvalue weighted by molar-refractivity contribution is -0.126. The highest BCUT2D eigenvalue weighted by Gasteiger charge is 2.51. The first-order chi connectivity index (χ1) is 7.64. The standard InChI is InChI=1S/C12H18N2O2/c15-9-12(14-10(16)13-9)7-5-11(6-8-12)3-1-2-4-11/h1-8H2,(H2,13,14,15,16). The highest BCUT2D eigenvalue weighted by Crippen LogP contribution is 2.51. The molecule has 0 unspecified atom stereocenters. The highest BCUT2D eigenvalue weighted by molar-refractivity contribution is 6.07. The normalized spacial score (nSPS) is 30.8. The smallest absolute Gasteiger partial charge is 0.322 e. The molecular formula is C12H18N2O2. The molecule has 3 rings (SSSR count). The third kappa shape index (κ3) is 1.35. The molecule has 4 heteroatoms. The summed E-state index contributed by atoms with van der Waals surface area (Å²) >= 11 is 0. The Labute approximate surface area is 95.2 Å². The number of hydrogen-bond donors (Lipinski definition) is 2. The predicted octanol–water partition coefficient (Wildman–Crippen LogP) is 1.70. The largest absolute Gasteiger partial charge is 0.323 e. The van der Waals surface area contributed by atoms with E-state index < -0.39 is 5.54 Å². The van der Waals surface area contributed by atoms with E-state index in [1.165, 1.54) is 25.7 Å². The number of hydrogen-bond acceptors (Lipinski definition) is 2. The van der Waals surface area contributed by atoms with E-state index in [4.69, 9.17) is 0 Å². The van der Waals surface area contributed by atoms with Gasteiger partial charge in [0.05, 0.1) is 0 Å². The Hall–Kier alpha value is -1.06. The first kappa shape index (κ1) is 10.1. The molecule has 2 saturated carbocycles. The Morgan fingerprint density at radius 2 is 1.50 bits per heavy atom. The highest BCUT2D eigenvalue weighted by atomic mass is 16.2. The van der Waals surface area contributed by atoms with Crippen LogP contribution in [0.1, 0.15) is 51.4 Å². The number of carbonyl (C=O) groups excluding carboxylic acids is 2. The van der Waals surface area contributed by atoms with Crippen molar-refractivity contribution < 1.29 is 9.59 Å². The van der Waals surface area contributed by atoms with Crippen LogP contribution in [0.4, 0.5) is 4.79 Å². The monoisotopic (exact) mass is 222 g/mol. The van der Waals surface area contributed by atoms with E-state index in [-0.39, 0.29) is 11.9 Å². The number of imide groups is 1. The summed E-state index contributed by atoms with van der Waals surface area (Å²) in [7, 11) is 0. The van der Waals surface area contributed by atoms with Crippen molar-refractivity contribution in [3.63, 3.8) is 0 Å². The van der Waals surface area contributed by atoms with Crippen LogP contribution >= 0.6 is 0 Å². The van der Waals surface area contributed by atoms with Gasteiger partial charge in [-0.05, 0) is 43.9 Å². The molecule has 3 aliphatic rings. The summed E-state index contributed by atoms with van der Waals surface area (Å²) in [6.07, 6.45) is 9.16. The lowest BCUT2D eigenvalue weighted by Crippen LogP contribution is -2.51. The molecule has 0 aromatic heterocycles. The number of urea groups is 1. The van der Waals surface area contributed by atoms with Crippen LogP contribution in [-0.2, 0) is 4.79 Å². The Morgan fingerprint density at radius 3 is 2.00 bits per heavy atom. The molecule has 88 valence electrons. The van der Waals surface area contributed by atoms with Gasteiger partial charge in [0.25, 0.3) is 5.91 Å². The van der Waals surface area contributed by atoms with Crippen molar-refractivity contribution in [1.82, 2.24) is 10.6 Å². The quantitative estimate of drug-likeness (QED) is 0.613. The second kappa shape index (κ2) is 3.22. The lowest BCUT2D eigenvalue weighted by atomic mass is 9.66. The maximum atomic E-state index is 11.8. The number of nitrogens with one attached hydrogen (secondary N) is 2. The summed E-state index contributed by atoms with van der Waals surface area (Å²) in [6, 6.07) is -0.313. The molecule has 0 atom stereocenters. The average Bonchev–Trinajstić information content (AvgIpc) is 2.80. The van der Waals surface area contributed by atoms with Crippen molar-refractivity contribution in [2.24, 2.45) is 5.41 Å². The Morgan fingerprint density at radius 1 is 0.875 bits per heavy atom. The van der Waals surface area contributed by atoms with E-state index in [1.54, 1.807) is 0 Å². The Kier molecular flexibility index (Phi) is 2.03. The fourth-order valence-corrected chi connectivity index (χ4v) is 3.71. The number of carbonyl (C=O) groups is 2. The topological polar surface area (TPSA) is 58.2 Å². The number of rotatable bonds is 0. The van der Waals surface area contributed by atoms with Crippen LogP contribution in [0, 0.1) is 5.41 Å². The van der Waals surface area contributed by atoms with Gasteiger partial charge < -0.3 is 5.32 Å². The molecule has 3 fully saturated rings. The van der Waals surface area contributed by atoms with Crippen molar-refractivity contribution in [3.05, 3.63) is 0 Å². The van der Waals surface area contributed by atoms with Crippen LogP contribution in [-0.4, -0.2) is 17.5 Å². The second-order valence-corrected chi connectivity index (χ2v) is 5.70. The molecule has 1 aliphatic heterocycles. The third-order valence-electron chi connectivity index (χ3n) is 4.84. The van der Waals surface area contributed by atoms with Crippen molar-refractivity contribution >= 4 is 11.9 Å². The van der Waals surface area contributed by atoms with Crippen molar-refractivity contribution in [2.45, 2.75) is 56.9 Å². The Bertz CT molecular complexity index is 335. The Balaban J connectivity index is 1.74. The summed E-state index contributed by atoms with van der Waals surface area (Å²) in [4.78, 5) is 23.0. The van der Waals surface area contributed by atoms with E-state index in [0.29, 0.717) is 5.41 Å². The molecule has 3 amide bonds. The van der Waals surface area contributed by atoms with Gasteiger partial charge in [-0.25, -0.2) is 4.79 Å². The molecule has 1 saturated heterocycles. The maximum absolute atomic E-state index is 11.8. The van der Waals surface area contributed by atoms with Gasteiger partial charge in [-0.15, -0.1) is 0 Å². The summed E-state index contributed by atoms with van der Waals surface area (Å²) in [6.45, 7) is 0. The van der Waals surface area contributed by atoms with Crippen LogP contribution in [0.2, 0.25) is 0 Å². The summed E-state index contributed by atoms with van der Waals surface area (Å²) in [5.41, 5.74) is -0.0657.